The Morgan fingerprint density at radius 2 is 1.64 bits per heavy atom. The van der Waals surface area contributed by atoms with Crippen molar-refractivity contribution >= 4 is 5.91 Å². The van der Waals surface area contributed by atoms with E-state index in [-0.39, 0.29) is 18.1 Å². The first-order valence-corrected chi connectivity index (χ1v) is 10.6. The van der Waals surface area contributed by atoms with Crippen molar-refractivity contribution in [2.45, 2.75) is 71.9 Å². The lowest BCUT2D eigenvalue weighted by Crippen LogP contribution is -2.41. The third-order valence-electron chi connectivity index (χ3n) is 4.64. The molecule has 0 bridgehead atoms. The minimum absolute atomic E-state index is 0.0216. The summed E-state index contributed by atoms with van der Waals surface area (Å²) in [5.74, 6) is 1.32. The normalized spacial score (nSPS) is 13.4. The van der Waals surface area contributed by atoms with Gasteiger partial charge in [0, 0.05) is 25.9 Å². The first kappa shape index (κ1) is 24.4. The van der Waals surface area contributed by atoms with Crippen molar-refractivity contribution in [2.24, 2.45) is 5.92 Å². The Hall–Kier alpha value is -1.59. The molecule has 0 aliphatic heterocycles. The second-order valence-corrected chi connectivity index (χ2v) is 7.70. The van der Waals surface area contributed by atoms with Gasteiger partial charge >= 0.3 is 0 Å². The molecule has 160 valence electrons. The predicted molar refractivity (Wildman–Crippen MR) is 114 cm³/mol. The number of hydrogen-bond acceptors (Lipinski definition) is 4. The molecule has 1 aromatic rings. The van der Waals surface area contributed by atoms with E-state index in [9.17, 15) is 4.79 Å². The Morgan fingerprint density at radius 1 is 1.00 bits per heavy atom. The fraction of sp³-hybridized carbons (Fsp3) is 0.696. The minimum atomic E-state index is -0.0887. The fourth-order valence-corrected chi connectivity index (χ4v) is 2.98. The highest BCUT2D eigenvalue weighted by Crippen LogP contribution is 2.14. The van der Waals surface area contributed by atoms with Gasteiger partial charge in [-0.05, 0) is 62.8 Å². The van der Waals surface area contributed by atoms with Crippen molar-refractivity contribution in [2.75, 3.05) is 26.9 Å². The number of rotatable bonds is 15. The van der Waals surface area contributed by atoms with Crippen LogP contribution in [0.3, 0.4) is 0 Å². The van der Waals surface area contributed by atoms with Crippen LogP contribution in [0.4, 0.5) is 0 Å². The molecule has 0 aromatic heterocycles. The van der Waals surface area contributed by atoms with Crippen LogP contribution < -0.4 is 10.1 Å². The van der Waals surface area contributed by atoms with Crippen molar-refractivity contribution in [3.8, 4) is 5.75 Å². The summed E-state index contributed by atoms with van der Waals surface area (Å²) in [6, 6.07) is 7.28. The number of hydrogen-bond donors (Lipinski definition) is 1. The molecule has 0 aliphatic rings. The van der Waals surface area contributed by atoms with Crippen LogP contribution >= 0.6 is 0 Å². The Balaban J connectivity index is 2.21. The highest BCUT2D eigenvalue weighted by atomic mass is 16.5. The molecule has 2 atom stereocenters. The van der Waals surface area contributed by atoms with Crippen molar-refractivity contribution in [3.05, 3.63) is 29.8 Å². The molecular formula is C23H39NO4. The van der Waals surface area contributed by atoms with Gasteiger partial charge < -0.3 is 19.5 Å². The summed E-state index contributed by atoms with van der Waals surface area (Å²) in [4.78, 5) is 12.3. The SMILES string of the molecule is CCC(OC)C(C)NC(=O)c1ccc(OCCCCCCOCC(C)C)cc1. The number of unbranched alkanes of at least 4 members (excludes halogenated alkanes) is 3. The molecule has 2 unspecified atom stereocenters. The second-order valence-electron chi connectivity index (χ2n) is 7.70. The number of methoxy groups -OCH3 is 1. The zero-order valence-electron chi connectivity index (χ0n) is 18.3. The quantitative estimate of drug-likeness (QED) is 0.433. The highest BCUT2D eigenvalue weighted by Gasteiger charge is 2.17. The molecule has 1 N–H and O–H groups in total. The standard InChI is InChI=1S/C23H39NO4/c1-6-22(26-5)19(4)24-23(25)20-11-13-21(14-12-20)28-16-10-8-7-9-15-27-17-18(2)3/h11-14,18-19,22H,6-10,15-17H2,1-5H3,(H,24,25). The van der Waals surface area contributed by atoms with E-state index in [1.165, 1.54) is 6.42 Å². The lowest BCUT2D eigenvalue weighted by atomic mass is 10.1. The number of amides is 1. The predicted octanol–water partition coefficient (Wildman–Crippen LogP) is 4.84. The molecule has 0 saturated carbocycles. The second kappa shape index (κ2) is 14.4. The summed E-state index contributed by atoms with van der Waals surface area (Å²) in [6.07, 6.45) is 5.32. The number of carbonyl (C=O) groups is 1. The molecule has 0 spiro atoms. The topological polar surface area (TPSA) is 56.8 Å². The molecule has 5 nitrogen and oxygen atoms in total. The molecule has 5 heteroatoms. The van der Waals surface area contributed by atoms with Gasteiger partial charge in [-0.3, -0.25) is 4.79 Å². The summed E-state index contributed by atoms with van der Waals surface area (Å²) in [7, 11) is 1.67. The molecule has 1 rings (SSSR count). The summed E-state index contributed by atoms with van der Waals surface area (Å²) < 4.78 is 16.7. The summed E-state index contributed by atoms with van der Waals surface area (Å²) in [5, 5.41) is 2.99. The number of benzene rings is 1. The van der Waals surface area contributed by atoms with Crippen LogP contribution in [0.25, 0.3) is 0 Å². The van der Waals surface area contributed by atoms with Crippen LogP contribution in [0.2, 0.25) is 0 Å². The van der Waals surface area contributed by atoms with Crippen LogP contribution in [0.1, 0.15) is 70.2 Å². The van der Waals surface area contributed by atoms with Crippen molar-refractivity contribution in [3.63, 3.8) is 0 Å². The monoisotopic (exact) mass is 393 g/mol. The maximum atomic E-state index is 12.3. The minimum Gasteiger partial charge on any atom is -0.494 e. The molecular weight excluding hydrogens is 354 g/mol. The van der Waals surface area contributed by atoms with Gasteiger partial charge in [0.2, 0.25) is 0 Å². The van der Waals surface area contributed by atoms with E-state index in [0.29, 0.717) is 18.1 Å². The van der Waals surface area contributed by atoms with Gasteiger partial charge in [0.15, 0.2) is 0 Å². The summed E-state index contributed by atoms with van der Waals surface area (Å²) in [6.45, 7) is 10.7. The third kappa shape index (κ3) is 10.1. The van der Waals surface area contributed by atoms with E-state index in [1.54, 1.807) is 19.2 Å². The lowest BCUT2D eigenvalue weighted by Gasteiger charge is -2.22. The number of ether oxygens (including phenoxy) is 3. The maximum Gasteiger partial charge on any atom is 0.251 e. The average molecular weight is 394 g/mol. The Labute approximate surface area is 171 Å². The van der Waals surface area contributed by atoms with Crippen LogP contribution in [0.15, 0.2) is 24.3 Å². The average Bonchev–Trinajstić information content (AvgIpc) is 2.67. The molecule has 0 fully saturated rings. The third-order valence-corrected chi connectivity index (χ3v) is 4.64. The van der Waals surface area contributed by atoms with Gasteiger partial charge in [-0.2, -0.15) is 0 Å². The maximum absolute atomic E-state index is 12.3. The van der Waals surface area contributed by atoms with E-state index in [2.05, 4.69) is 19.2 Å². The Bertz CT molecular complexity index is 526. The fourth-order valence-electron chi connectivity index (χ4n) is 2.98. The van der Waals surface area contributed by atoms with Crippen molar-refractivity contribution in [1.82, 2.24) is 5.32 Å². The van der Waals surface area contributed by atoms with Crippen LogP contribution in [0, 0.1) is 5.92 Å². The molecule has 1 aromatic carbocycles. The number of nitrogens with one attached hydrogen (secondary N) is 1. The first-order chi connectivity index (χ1) is 13.5. The van der Waals surface area contributed by atoms with Gasteiger partial charge in [-0.1, -0.05) is 27.2 Å². The van der Waals surface area contributed by atoms with Gasteiger partial charge in [-0.15, -0.1) is 0 Å². The Kier molecular flexibility index (Phi) is 12.6. The highest BCUT2D eigenvalue weighted by molar-refractivity contribution is 5.94. The van der Waals surface area contributed by atoms with E-state index in [0.717, 1.165) is 44.6 Å². The molecule has 28 heavy (non-hydrogen) atoms. The first-order valence-electron chi connectivity index (χ1n) is 10.6. The smallest absolute Gasteiger partial charge is 0.251 e. The van der Waals surface area contributed by atoms with Gasteiger partial charge in [-0.25, -0.2) is 0 Å². The summed E-state index contributed by atoms with van der Waals surface area (Å²) in [5.41, 5.74) is 0.631. The van der Waals surface area contributed by atoms with E-state index in [1.807, 2.05) is 26.0 Å². The lowest BCUT2D eigenvalue weighted by molar-refractivity contribution is 0.0628. The van der Waals surface area contributed by atoms with Gasteiger partial charge in [0.05, 0.1) is 18.8 Å². The van der Waals surface area contributed by atoms with Crippen LogP contribution in [-0.4, -0.2) is 45.0 Å². The van der Waals surface area contributed by atoms with E-state index >= 15 is 0 Å². The zero-order valence-corrected chi connectivity index (χ0v) is 18.3. The van der Waals surface area contributed by atoms with Gasteiger partial charge in [0.1, 0.15) is 5.75 Å². The largest absolute Gasteiger partial charge is 0.494 e. The Morgan fingerprint density at radius 3 is 2.21 bits per heavy atom. The van der Waals surface area contributed by atoms with Crippen molar-refractivity contribution < 1.29 is 19.0 Å². The van der Waals surface area contributed by atoms with Crippen LogP contribution in [0.5, 0.6) is 5.75 Å². The molecule has 0 saturated heterocycles. The van der Waals surface area contributed by atoms with Gasteiger partial charge in [0.25, 0.3) is 5.91 Å². The van der Waals surface area contributed by atoms with E-state index < -0.39 is 0 Å². The van der Waals surface area contributed by atoms with Crippen molar-refractivity contribution in [1.29, 1.82) is 0 Å². The molecule has 0 radical (unpaired) electrons. The van der Waals surface area contributed by atoms with Crippen LogP contribution in [-0.2, 0) is 9.47 Å². The zero-order chi connectivity index (χ0) is 20.8. The molecule has 0 aliphatic carbocycles. The number of carbonyl (C=O) groups excluding carboxylic acids is 1. The summed E-state index contributed by atoms with van der Waals surface area (Å²) >= 11 is 0. The molecule has 1 amide bonds. The molecule has 0 heterocycles. The van der Waals surface area contributed by atoms with E-state index in [4.69, 9.17) is 14.2 Å².